The van der Waals surface area contributed by atoms with Crippen molar-refractivity contribution in [1.82, 2.24) is 0 Å². The molecule has 158 valence electrons. The lowest BCUT2D eigenvalue weighted by molar-refractivity contribution is -0.940. The van der Waals surface area contributed by atoms with Crippen molar-refractivity contribution >= 4 is 5.78 Å². The van der Waals surface area contributed by atoms with E-state index in [0.717, 1.165) is 35.6 Å². The van der Waals surface area contributed by atoms with Crippen LogP contribution in [0.1, 0.15) is 84.5 Å². The molecule has 3 heteroatoms. The maximum absolute atomic E-state index is 12.1. The van der Waals surface area contributed by atoms with Crippen LogP contribution in [0.2, 0.25) is 0 Å². The number of carbonyl (C=O) groups excluding carboxylic acids is 1. The van der Waals surface area contributed by atoms with Crippen molar-refractivity contribution in [2.75, 3.05) is 20.1 Å². The van der Waals surface area contributed by atoms with Crippen LogP contribution in [0.15, 0.2) is 0 Å². The van der Waals surface area contributed by atoms with E-state index in [1.54, 1.807) is 0 Å². The van der Waals surface area contributed by atoms with Gasteiger partial charge in [0.15, 0.2) is 0 Å². The third kappa shape index (κ3) is 2.64. The normalized spacial score (nSPS) is 53.2. The maximum atomic E-state index is 12.1. The lowest BCUT2D eigenvalue weighted by Gasteiger charge is -2.59. The van der Waals surface area contributed by atoms with Gasteiger partial charge in [0.25, 0.3) is 0 Å². The molecule has 0 radical (unpaired) electrons. The zero-order valence-electron chi connectivity index (χ0n) is 18.5. The number of rotatable bonds is 1. The van der Waals surface area contributed by atoms with Crippen molar-refractivity contribution in [2.45, 2.75) is 96.6 Å². The van der Waals surface area contributed by atoms with Crippen LogP contribution in [0.25, 0.3) is 0 Å². The molecule has 28 heavy (non-hydrogen) atoms. The second-order valence-corrected chi connectivity index (χ2v) is 12.2. The minimum Gasteiger partial charge on any atom is -0.386 e. The van der Waals surface area contributed by atoms with Crippen LogP contribution in [0.4, 0.5) is 0 Å². The molecule has 4 saturated carbocycles. The van der Waals surface area contributed by atoms with Crippen molar-refractivity contribution < 1.29 is 14.4 Å². The average molecular weight is 389 g/mol. The monoisotopic (exact) mass is 388 g/mol. The van der Waals surface area contributed by atoms with E-state index >= 15 is 0 Å². The van der Waals surface area contributed by atoms with Crippen LogP contribution in [0.3, 0.4) is 0 Å². The van der Waals surface area contributed by atoms with Crippen molar-refractivity contribution in [3.8, 4) is 0 Å². The molecule has 0 aromatic rings. The number of nitrogens with zero attached hydrogens (tertiary/aromatic N) is 1. The number of quaternary nitrogens is 1. The second kappa shape index (κ2) is 6.54. The Hall–Kier alpha value is -0.410. The van der Waals surface area contributed by atoms with E-state index in [0.29, 0.717) is 29.1 Å². The molecule has 0 amide bonds. The van der Waals surface area contributed by atoms with Gasteiger partial charge < -0.3 is 9.59 Å². The first-order chi connectivity index (χ1) is 13.3. The number of aliphatic hydroxyl groups excluding tert-OH is 1. The van der Waals surface area contributed by atoms with E-state index in [4.69, 9.17) is 0 Å². The molecule has 4 aliphatic carbocycles. The summed E-state index contributed by atoms with van der Waals surface area (Å²) in [7, 11) is 2.44. The summed E-state index contributed by atoms with van der Waals surface area (Å²) >= 11 is 0. The van der Waals surface area contributed by atoms with Crippen LogP contribution in [0, 0.1) is 34.5 Å². The number of piperidine rings is 1. The Kier molecular flexibility index (Phi) is 4.57. The van der Waals surface area contributed by atoms with E-state index in [9.17, 15) is 9.90 Å². The summed E-state index contributed by atoms with van der Waals surface area (Å²) < 4.78 is 1.12. The van der Waals surface area contributed by atoms with Gasteiger partial charge in [-0.2, -0.15) is 0 Å². The molecule has 1 heterocycles. The summed E-state index contributed by atoms with van der Waals surface area (Å²) in [5, 5.41) is 11.6. The SMILES string of the molecule is C[C@]12CCC(=O)C[C@@H]1CC[C@@H]1[C@@H]2CC[C@]2(C)[C@@H](O)[C@@H]([N+]3(C)CCCCC3)C[C@@H]12. The first kappa shape index (κ1) is 19.5. The fourth-order valence-electron chi connectivity index (χ4n) is 9.19. The number of likely N-dealkylation sites (tertiary alicyclic amines) is 1. The lowest BCUT2D eigenvalue weighted by Crippen LogP contribution is -2.59. The van der Waals surface area contributed by atoms with Gasteiger partial charge in [-0.3, -0.25) is 4.79 Å². The third-order valence-corrected chi connectivity index (χ3v) is 11.1. The van der Waals surface area contributed by atoms with Gasteiger partial charge in [-0.1, -0.05) is 13.8 Å². The van der Waals surface area contributed by atoms with Crippen LogP contribution in [-0.2, 0) is 4.79 Å². The highest BCUT2D eigenvalue weighted by Crippen LogP contribution is 2.66. The first-order valence-electron chi connectivity index (χ1n) is 12.3. The van der Waals surface area contributed by atoms with E-state index in [1.807, 2.05) is 0 Å². The topological polar surface area (TPSA) is 37.3 Å². The summed E-state index contributed by atoms with van der Waals surface area (Å²) in [6.07, 6.45) is 13.0. The van der Waals surface area contributed by atoms with Gasteiger partial charge >= 0.3 is 0 Å². The molecule has 0 aromatic carbocycles. The molecule has 3 nitrogen and oxygen atoms in total. The molecule has 0 spiro atoms. The molecule has 0 unspecified atom stereocenters. The largest absolute Gasteiger partial charge is 0.386 e. The minimum absolute atomic E-state index is 0.123. The van der Waals surface area contributed by atoms with Crippen LogP contribution in [0.5, 0.6) is 0 Å². The number of Topliss-reactive ketones (excluding diaryl/α,β-unsaturated/α-hetero) is 1. The molecule has 5 fully saturated rings. The number of fused-ring (bicyclic) bond motifs is 5. The number of aliphatic hydroxyl groups is 1. The third-order valence-electron chi connectivity index (χ3n) is 11.1. The molecule has 0 aromatic heterocycles. The molecule has 1 saturated heterocycles. The van der Waals surface area contributed by atoms with E-state index in [2.05, 4.69) is 20.9 Å². The quantitative estimate of drug-likeness (QED) is 0.668. The molecule has 1 N–H and O–H groups in total. The summed E-state index contributed by atoms with van der Waals surface area (Å²) in [4.78, 5) is 12.1. The Balaban J connectivity index is 1.42. The Labute approximate surface area is 171 Å². The molecule has 1 aliphatic heterocycles. The Morgan fingerprint density at radius 2 is 1.71 bits per heavy atom. The zero-order chi connectivity index (χ0) is 19.7. The van der Waals surface area contributed by atoms with Gasteiger partial charge in [0.1, 0.15) is 17.9 Å². The number of ketones is 1. The number of hydrogen-bond acceptors (Lipinski definition) is 2. The van der Waals surface area contributed by atoms with Gasteiger partial charge in [-0.25, -0.2) is 0 Å². The molecule has 0 bridgehead atoms. The predicted molar refractivity (Wildman–Crippen MR) is 112 cm³/mol. The van der Waals surface area contributed by atoms with Crippen molar-refractivity contribution in [1.29, 1.82) is 0 Å². The highest BCUT2D eigenvalue weighted by atomic mass is 16.3. The van der Waals surface area contributed by atoms with Gasteiger partial charge in [-0.15, -0.1) is 0 Å². The first-order valence-corrected chi connectivity index (χ1v) is 12.3. The fraction of sp³-hybridized carbons (Fsp3) is 0.960. The summed E-state index contributed by atoms with van der Waals surface area (Å²) in [5.41, 5.74) is 0.503. The molecule has 5 aliphatic rings. The van der Waals surface area contributed by atoms with E-state index in [1.165, 1.54) is 64.5 Å². The molecule has 5 rings (SSSR count). The van der Waals surface area contributed by atoms with Crippen LogP contribution < -0.4 is 0 Å². The smallest absolute Gasteiger partial charge is 0.133 e. The number of hydrogen-bond donors (Lipinski definition) is 1. The van der Waals surface area contributed by atoms with E-state index < -0.39 is 0 Å². The van der Waals surface area contributed by atoms with Crippen LogP contribution >= 0.6 is 0 Å². The second-order valence-electron chi connectivity index (χ2n) is 12.2. The van der Waals surface area contributed by atoms with Gasteiger partial charge in [-0.05, 0) is 80.5 Å². The summed E-state index contributed by atoms with van der Waals surface area (Å²) in [5.74, 6) is 3.41. The highest BCUT2D eigenvalue weighted by molar-refractivity contribution is 5.79. The lowest BCUT2D eigenvalue weighted by atomic mass is 9.45. The van der Waals surface area contributed by atoms with Gasteiger partial charge in [0.2, 0.25) is 0 Å². The van der Waals surface area contributed by atoms with Crippen molar-refractivity contribution in [3.63, 3.8) is 0 Å². The molecule has 8 atom stereocenters. The zero-order valence-corrected chi connectivity index (χ0v) is 18.5. The van der Waals surface area contributed by atoms with Crippen LogP contribution in [-0.4, -0.2) is 47.7 Å². The summed E-state index contributed by atoms with van der Waals surface area (Å²) in [6.45, 7) is 7.50. The summed E-state index contributed by atoms with van der Waals surface area (Å²) in [6, 6.07) is 0.451. The number of carbonyl (C=O) groups is 1. The highest BCUT2D eigenvalue weighted by Gasteiger charge is 2.65. The van der Waals surface area contributed by atoms with Gasteiger partial charge in [0, 0.05) is 24.7 Å². The molecular weight excluding hydrogens is 346 g/mol. The Morgan fingerprint density at radius 1 is 0.964 bits per heavy atom. The Morgan fingerprint density at radius 3 is 2.46 bits per heavy atom. The van der Waals surface area contributed by atoms with Crippen molar-refractivity contribution in [3.05, 3.63) is 0 Å². The van der Waals surface area contributed by atoms with Gasteiger partial charge in [0.05, 0.1) is 20.1 Å². The van der Waals surface area contributed by atoms with Crippen molar-refractivity contribution in [2.24, 2.45) is 34.5 Å². The Bertz CT molecular complexity index is 640. The molecular formula is C25H42NO2+. The number of likely N-dealkylation sites (N-methyl/N-ethyl adjacent to an activating group) is 1. The maximum Gasteiger partial charge on any atom is 0.133 e. The minimum atomic E-state index is -0.125. The standard InChI is InChI=1S/C25H42NO2/c1-24-11-9-18(27)15-17(24)7-8-19-20(24)10-12-25(2)21(19)16-22(23(25)28)26(3)13-5-4-6-14-26/h17,19-23,28H,4-16H2,1-3H3/q+1/t17-,19+,20-,21-,22-,23-,24-,25-/m0/s1. The fourth-order valence-corrected chi connectivity index (χ4v) is 9.19. The predicted octanol–water partition coefficient (Wildman–Crippen LogP) is 4.57. The average Bonchev–Trinajstić information content (AvgIpc) is 2.95. The van der Waals surface area contributed by atoms with E-state index in [-0.39, 0.29) is 11.5 Å².